The minimum absolute atomic E-state index is 0.0760. The van der Waals surface area contributed by atoms with Crippen LogP contribution in [0.25, 0.3) is 0 Å². The van der Waals surface area contributed by atoms with Gasteiger partial charge in [0.05, 0.1) is 4.90 Å². The van der Waals surface area contributed by atoms with Crippen LogP contribution in [-0.2, 0) is 15.6 Å². The Morgan fingerprint density at radius 2 is 1.75 bits per heavy atom. The Morgan fingerprint density at radius 1 is 1.12 bits per heavy atom. The minimum atomic E-state index is -3.61. The van der Waals surface area contributed by atoms with Crippen molar-refractivity contribution in [3.05, 3.63) is 47.3 Å². The summed E-state index contributed by atoms with van der Waals surface area (Å²) in [5.41, 5.74) is 6.79. The van der Waals surface area contributed by atoms with E-state index in [0.717, 1.165) is 37.0 Å². The van der Waals surface area contributed by atoms with Crippen LogP contribution >= 0.6 is 0 Å². The van der Waals surface area contributed by atoms with E-state index in [0.29, 0.717) is 29.3 Å². The average Bonchev–Trinajstić information content (AvgIpc) is 3.39. The zero-order chi connectivity index (χ0) is 22.7. The van der Waals surface area contributed by atoms with E-state index < -0.39 is 15.6 Å². The molecule has 5 rings (SSSR count). The lowest BCUT2D eigenvalue weighted by atomic mass is 9.96. The first kappa shape index (κ1) is 21.6. The van der Waals surface area contributed by atoms with E-state index in [1.54, 1.807) is 34.6 Å². The quantitative estimate of drug-likeness (QED) is 0.687. The zero-order valence-corrected chi connectivity index (χ0v) is 19.3. The van der Waals surface area contributed by atoms with Crippen LogP contribution in [0.3, 0.4) is 0 Å². The summed E-state index contributed by atoms with van der Waals surface area (Å²) in [6.45, 7) is 3.78. The predicted octanol–water partition coefficient (Wildman–Crippen LogP) is 2.86. The molecule has 9 heteroatoms. The largest absolute Gasteiger partial charge is 0.360 e. The van der Waals surface area contributed by atoms with Crippen molar-refractivity contribution >= 4 is 15.9 Å². The maximum Gasteiger partial charge on any atom is 0.273 e. The molecule has 3 heterocycles. The molecule has 3 atom stereocenters. The zero-order valence-electron chi connectivity index (χ0n) is 18.5. The van der Waals surface area contributed by atoms with E-state index in [9.17, 15) is 13.2 Å². The number of amides is 1. The summed E-state index contributed by atoms with van der Waals surface area (Å²) in [5, 5.41) is 6.96. The molecule has 1 amide bonds. The molecule has 32 heavy (non-hydrogen) atoms. The van der Waals surface area contributed by atoms with E-state index in [1.165, 1.54) is 0 Å². The Balaban J connectivity index is 1.27. The van der Waals surface area contributed by atoms with Crippen LogP contribution in [0.5, 0.6) is 0 Å². The number of hydrogen-bond acceptors (Lipinski definition) is 6. The molecule has 172 valence electrons. The summed E-state index contributed by atoms with van der Waals surface area (Å²) in [6.07, 6.45) is 4.98. The third-order valence-corrected chi connectivity index (χ3v) is 8.94. The Hall–Kier alpha value is -2.23. The van der Waals surface area contributed by atoms with Crippen molar-refractivity contribution in [1.29, 1.82) is 0 Å². The lowest BCUT2D eigenvalue weighted by molar-refractivity contribution is 0.0900. The van der Waals surface area contributed by atoms with Gasteiger partial charge in [0.2, 0.25) is 10.0 Å². The molecule has 2 aliphatic heterocycles. The monoisotopic (exact) mass is 458 g/mol. The number of nitrogens with one attached hydrogen (secondary N) is 1. The summed E-state index contributed by atoms with van der Waals surface area (Å²) in [4.78, 5) is 12.9. The van der Waals surface area contributed by atoms with E-state index in [4.69, 9.17) is 10.3 Å². The maximum absolute atomic E-state index is 13.4. The molecule has 1 aromatic carbocycles. The molecule has 1 aromatic heterocycles. The standard InChI is InChI=1S/C23H30N4O4S/c1-23(2,24)15-5-9-19(10-6-15)32(29,30)27-17-7-8-18(27)12-16(11-17)25-22(28)20-13-21(31-26-20)14-3-4-14/h5-6,9-10,13-14,16-18H,3-4,7-8,11-12,24H2,1-2H3,(H,25,28)/t16-,17-,18+. The molecule has 2 bridgehead atoms. The minimum Gasteiger partial charge on any atom is -0.360 e. The number of benzene rings is 1. The second kappa shape index (κ2) is 7.67. The molecule has 1 aliphatic carbocycles. The highest BCUT2D eigenvalue weighted by Gasteiger charge is 2.47. The number of carbonyl (C=O) groups is 1. The van der Waals surface area contributed by atoms with Crippen molar-refractivity contribution in [2.75, 3.05) is 0 Å². The number of piperidine rings is 1. The summed E-state index contributed by atoms with van der Waals surface area (Å²) in [7, 11) is -3.61. The van der Waals surface area contributed by atoms with Gasteiger partial charge in [-0.1, -0.05) is 17.3 Å². The number of aromatic nitrogens is 1. The van der Waals surface area contributed by atoms with Crippen molar-refractivity contribution < 1.29 is 17.7 Å². The van der Waals surface area contributed by atoms with Crippen LogP contribution in [0.15, 0.2) is 39.8 Å². The van der Waals surface area contributed by atoms with Crippen molar-refractivity contribution in [1.82, 2.24) is 14.8 Å². The molecule has 3 N–H and O–H groups in total. The van der Waals surface area contributed by atoms with Crippen LogP contribution < -0.4 is 11.1 Å². The van der Waals surface area contributed by atoms with Gasteiger partial charge in [-0.25, -0.2) is 8.42 Å². The first-order chi connectivity index (χ1) is 15.1. The van der Waals surface area contributed by atoms with Gasteiger partial charge in [0, 0.05) is 35.6 Å². The fraction of sp³-hybridized carbons (Fsp3) is 0.565. The van der Waals surface area contributed by atoms with E-state index in [-0.39, 0.29) is 24.0 Å². The molecule has 2 saturated heterocycles. The molecule has 0 unspecified atom stereocenters. The SMILES string of the molecule is CC(C)(N)c1ccc(S(=O)(=O)N2[C@@H]3CC[C@H]2C[C@H](NC(=O)c2cc(C4CC4)on2)C3)cc1. The van der Waals surface area contributed by atoms with Crippen LogP contribution in [0.2, 0.25) is 0 Å². The van der Waals surface area contributed by atoms with Gasteiger partial charge < -0.3 is 15.6 Å². The van der Waals surface area contributed by atoms with E-state index in [1.807, 2.05) is 13.8 Å². The number of nitrogens with zero attached hydrogens (tertiary/aromatic N) is 2. The topological polar surface area (TPSA) is 119 Å². The molecular weight excluding hydrogens is 428 g/mol. The van der Waals surface area contributed by atoms with Gasteiger partial charge >= 0.3 is 0 Å². The Labute approximate surface area is 188 Å². The second-order valence-corrected chi connectivity index (χ2v) is 11.8. The highest BCUT2D eigenvalue weighted by Crippen LogP contribution is 2.41. The normalized spacial score (nSPS) is 26.3. The molecule has 3 aliphatic rings. The van der Waals surface area contributed by atoms with Crippen LogP contribution in [0.4, 0.5) is 0 Å². The van der Waals surface area contributed by atoms with Gasteiger partial charge in [-0.3, -0.25) is 4.79 Å². The smallest absolute Gasteiger partial charge is 0.273 e. The van der Waals surface area contributed by atoms with Crippen LogP contribution in [0, 0.1) is 0 Å². The fourth-order valence-corrected chi connectivity index (χ4v) is 6.93. The summed E-state index contributed by atoms with van der Waals surface area (Å²) in [5.74, 6) is 0.930. The highest BCUT2D eigenvalue weighted by molar-refractivity contribution is 7.89. The number of rotatable bonds is 6. The Kier molecular flexibility index (Phi) is 5.18. The third kappa shape index (κ3) is 3.97. The molecule has 0 spiro atoms. The lowest BCUT2D eigenvalue weighted by Gasteiger charge is -2.38. The number of carbonyl (C=O) groups excluding carboxylic acids is 1. The first-order valence-corrected chi connectivity index (χ1v) is 12.8. The Morgan fingerprint density at radius 3 is 2.31 bits per heavy atom. The third-order valence-electron chi connectivity index (χ3n) is 6.92. The molecule has 0 radical (unpaired) electrons. The first-order valence-electron chi connectivity index (χ1n) is 11.3. The molecule has 3 fully saturated rings. The number of nitrogens with two attached hydrogens (primary N) is 1. The predicted molar refractivity (Wildman–Crippen MR) is 118 cm³/mol. The van der Waals surface area contributed by atoms with Gasteiger partial charge in [0.25, 0.3) is 5.91 Å². The lowest BCUT2D eigenvalue weighted by Crippen LogP contribution is -2.52. The second-order valence-electron chi connectivity index (χ2n) is 10.00. The number of fused-ring (bicyclic) bond motifs is 2. The fourth-order valence-electron chi connectivity index (χ4n) is 5.04. The van der Waals surface area contributed by atoms with Crippen LogP contribution in [-0.4, -0.2) is 41.9 Å². The van der Waals surface area contributed by atoms with E-state index in [2.05, 4.69) is 10.5 Å². The molecule has 1 saturated carbocycles. The van der Waals surface area contributed by atoms with E-state index >= 15 is 0 Å². The summed E-state index contributed by atoms with van der Waals surface area (Å²) >= 11 is 0. The maximum atomic E-state index is 13.4. The Bertz CT molecular complexity index is 1100. The van der Waals surface area contributed by atoms with Gasteiger partial charge in [-0.05, 0) is 70.1 Å². The highest BCUT2D eigenvalue weighted by atomic mass is 32.2. The van der Waals surface area contributed by atoms with Crippen molar-refractivity contribution in [3.8, 4) is 0 Å². The summed E-state index contributed by atoms with van der Waals surface area (Å²) in [6, 6.07) is 8.29. The van der Waals surface area contributed by atoms with Gasteiger partial charge in [0.15, 0.2) is 5.69 Å². The number of hydrogen-bond donors (Lipinski definition) is 2. The summed E-state index contributed by atoms with van der Waals surface area (Å²) < 4.78 is 33.8. The van der Waals surface area contributed by atoms with Crippen molar-refractivity contribution in [3.63, 3.8) is 0 Å². The van der Waals surface area contributed by atoms with Crippen molar-refractivity contribution in [2.45, 2.75) is 86.9 Å². The van der Waals surface area contributed by atoms with Crippen LogP contribution in [0.1, 0.15) is 80.1 Å². The van der Waals surface area contributed by atoms with Gasteiger partial charge in [-0.2, -0.15) is 4.31 Å². The average molecular weight is 459 g/mol. The molecule has 8 nitrogen and oxygen atoms in total. The molecular formula is C23H30N4O4S. The van der Waals surface area contributed by atoms with Crippen molar-refractivity contribution in [2.24, 2.45) is 5.73 Å². The number of sulfonamides is 1. The molecule has 2 aromatic rings. The van der Waals surface area contributed by atoms with Gasteiger partial charge in [0.1, 0.15) is 5.76 Å². The van der Waals surface area contributed by atoms with Gasteiger partial charge in [-0.15, -0.1) is 0 Å².